The minimum atomic E-state index is 0. The van der Waals surface area contributed by atoms with Gasteiger partial charge in [-0.2, -0.15) is 0 Å². The molecule has 0 aliphatic rings. The molecule has 0 amide bonds. The molecular formula is C6H12N8O2Pt. The van der Waals surface area contributed by atoms with Crippen molar-refractivity contribution >= 4 is 0 Å². The smallest absolute Gasteiger partial charge is 0.870 e. The van der Waals surface area contributed by atoms with Crippen LogP contribution in [-0.4, -0.2) is 23.0 Å². The maximum atomic E-state index is 6.75. The van der Waals surface area contributed by atoms with Crippen LogP contribution in [0.25, 0.3) is 31.9 Å². The van der Waals surface area contributed by atoms with E-state index in [0.29, 0.717) is 0 Å². The first-order valence-corrected chi connectivity index (χ1v) is 3.23. The summed E-state index contributed by atoms with van der Waals surface area (Å²) in [6.45, 7) is 0. The summed E-state index contributed by atoms with van der Waals surface area (Å²) in [5.74, 6) is 0. The van der Waals surface area contributed by atoms with E-state index in [-0.39, 0.29) is 32.0 Å². The molecule has 0 fully saturated rings. The Morgan fingerprint density at radius 2 is 1.06 bits per heavy atom. The summed E-state index contributed by atoms with van der Waals surface area (Å²) in [6, 6.07) is 5.72. The van der Waals surface area contributed by atoms with E-state index in [2.05, 4.69) is 10.7 Å². The minimum Gasteiger partial charge on any atom is -0.870 e. The van der Waals surface area contributed by atoms with Crippen LogP contribution in [0.4, 0.5) is 0 Å². The molecule has 0 saturated heterocycles. The third-order valence-electron chi connectivity index (χ3n) is 0.566. The molecule has 1 heterocycles. The fourth-order valence-electron chi connectivity index (χ4n) is 0.313. The molecule has 0 aliphatic heterocycles. The van der Waals surface area contributed by atoms with Gasteiger partial charge >= 0.3 is 21.1 Å². The van der Waals surface area contributed by atoms with Gasteiger partial charge < -0.3 is 38.8 Å². The van der Waals surface area contributed by atoms with Crippen molar-refractivity contribution in [2.24, 2.45) is 5.73 Å². The maximum absolute atomic E-state index is 6.75. The van der Waals surface area contributed by atoms with E-state index in [1.165, 1.54) is 16.9 Å². The summed E-state index contributed by atoms with van der Waals surface area (Å²) < 4.78 is 0. The summed E-state index contributed by atoms with van der Waals surface area (Å²) in [7, 11) is 1.50. The van der Waals surface area contributed by atoms with E-state index in [1.54, 1.807) is 12.4 Å². The van der Waals surface area contributed by atoms with Crippen molar-refractivity contribution in [1.29, 1.82) is 0 Å². The van der Waals surface area contributed by atoms with E-state index in [9.17, 15) is 0 Å². The molecular weight excluding hydrogens is 411 g/mol. The zero-order chi connectivity index (χ0) is 11.7. The predicted octanol–water partition coefficient (Wildman–Crippen LogP) is 2.03. The van der Waals surface area contributed by atoms with Crippen molar-refractivity contribution in [3.63, 3.8) is 0 Å². The molecule has 4 N–H and O–H groups in total. The quantitative estimate of drug-likeness (QED) is 0.376. The second-order valence-electron chi connectivity index (χ2n) is 1.20. The SMILES string of the molecule is CN.[N-]=[N+]=[N-].[N-]=[N+]=[N-].[OH-].[OH-].[Pt+4].c1ccncc1. The molecule has 0 aliphatic carbocycles. The molecule has 0 bridgehead atoms. The molecule has 0 aromatic carbocycles. The molecule has 10 nitrogen and oxygen atoms in total. The van der Waals surface area contributed by atoms with E-state index >= 15 is 0 Å². The molecule has 1 rings (SSSR count). The van der Waals surface area contributed by atoms with E-state index in [1.807, 2.05) is 18.2 Å². The third kappa shape index (κ3) is 116. The fourth-order valence-corrected chi connectivity index (χ4v) is 0.313. The molecule has 0 spiro atoms. The zero-order valence-corrected chi connectivity index (χ0v) is 11.1. The first-order chi connectivity index (χ1) is 6.83. The van der Waals surface area contributed by atoms with Crippen LogP contribution in [0.3, 0.4) is 0 Å². The van der Waals surface area contributed by atoms with Gasteiger partial charge in [0.25, 0.3) is 0 Å². The van der Waals surface area contributed by atoms with Crippen LogP contribution < -0.4 is 5.73 Å². The normalized spacial score (nSPS) is 4.12. The first kappa shape index (κ1) is 36.2. The van der Waals surface area contributed by atoms with Gasteiger partial charge in [-0.3, -0.25) is 14.8 Å². The van der Waals surface area contributed by atoms with Crippen molar-refractivity contribution in [1.82, 2.24) is 4.98 Å². The Labute approximate surface area is 113 Å². The average molecular weight is 423 g/mol. The summed E-state index contributed by atoms with van der Waals surface area (Å²) in [5, 5.41) is 0. The largest absolute Gasteiger partial charge is 4.00 e. The van der Waals surface area contributed by atoms with E-state index in [4.69, 9.17) is 22.1 Å². The van der Waals surface area contributed by atoms with Crippen LogP contribution >= 0.6 is 0 Å². The predicted molar refractivity (Wildman–Crippen MR) is 58.4 cm³/mol. The molecule has 1 aromatic rings. The van der Waals surface area contributed by atoms with Gasteiger partial charge in [0.2, 0.25) is 0 Å². The number of hydrogen-bond donors (Lipinski definition) is 1. The summed E-state index contributed by atoms with van der Waals surface area (Å²) in [4.78, 5) is 6.78. The average Bonchev–Trinajstić information content (AvgIpc) is 2.26. The van der Waals surface area contributed by atoms with Crippen LogP contribution in [0.2, 0.25) is 0 Å². The van der Waals surface area contributed by atoms with Gasteiger partial charge in [-0.1, -0.05) is 6.07 Å². The van der Waals surface area contributed by atoms with E-state index in [0.717, 1.165) is 0 Å². The molecule has 17 heavy (non-hydrogen) atoms. The second-order valence-corrected chi connectivity index (χ2v) is 1.20. The summed E-state index contributed by atoms with van der Waals surface area (Å²) >= 11 is 0. The Morgan fingerprint density at radius 1 is 0.824 bits per heavy atom. The van der Waals surface area contributed by atoms with Crippen LogP contribution in [0.1, 0.15) is 0 Å². The van der Waals surface area contributed by atoms with Gasteiger partial charge in [-0.15, -0.1) is 0 Å². The monoisotopic (exact) mass is 423 g/mol. The summed E-state index contributed by atoms with van der Waals surface area (Å²) in [5.41, 5.74) is 31.5. The number of pyridine rings is 1. The standard InChI is InChI=1S/C5H5N.CH5N.2N3.2H2O.Pt/c1-2-4-6-5-3-1;1-2;2*1-3-2;;;/h1-5H;2H2,1H3;;;2*1H2;/q;;2*-1;;;+4/p-2. The number of hydrogen-bond acceptors (Lipinski definition) is 4. The third-order valence-corrected chi connectivity index (χ3v) is 0.566. The van der Waals surface area contributed by atoms with Crippen molar-refractivity contribution < 1.29 is 32.0 Å². The maximum Gasteiger partial charge on any atom is 4.00 e. The molecule has 11 heteroatoms. The van der Waals surface area contributed by atoms with Gasteiger partial charge in [0.05, 0.1) is 0 Å². The van der Waals surface area contributed by atoms with Gasteiger partial charge in [0, 0.05) is 12.4 Å². The van der Waals surface area contributed by atoms with Crippen molar-refractivity contribution in [2.75, 3.05) is 7.05 Å². The van der Waals surface area contributed by atoms with Crippen LogP contribution in [0.5, 0.6) is 0 Å². The molecule has 98 valence electrons. The molecule has 0 saturated carbocycles. The molecule has 0 atom stereocenters. The number of aromatic nitrogens is 1. The first-order valence-electron chi connectivity index (χ1n) is 3.23. The number of nitrogens with zero attached hydrogens (tertiary/aromatic N) is 7. The number of rotatable bonds is 0. The van der Waals surface area contributed by atoms with Crippen LogP contribution in [0.15, 0.2) is 30.6 Å². The Kier molecular flexibility index (Phi) is 135. The fraction of sp³-hybridized carbons (Fsp3) is 0.167. The van der Waals surface area contributed by atoms with Gasteiger partial charge in [0.1, 0.15) is 0 Å². The molecule has 1 aromatic heterocycles. The topological polar surface area (TPSA) is 216 Å². The van der Waals surface area contributed by atoms with Gasteiger partial charge in [-0.05, 0) is 19.2 Å². The Bertz CT molecular complexity index is 209. The van der Waals surface area contributed by atoms with Gasteiger partial charge in [0.15, 0.2) is 0 Å². The van der Waals surface area contributed by atoms with Crippen LogP contribution in [-0.2, 0) is 21.1 Å². The molecule has 0 unspecified atom stereocenters. The zero-order valence-electron chi connectivity index (χ0n) is 8.81. The minimum absolute atomic E-state index is 0. The Hall–Kier alpha value is -1.66. The Balaban J connectivity index is -0.0000000247. The van der Waals surface area contributed by atoms with Crippen molar-refractivity contribution in [3.8, 4) is 0 Å². The van der Waals surface area contributed by atoms with E-state index < -0.39 is 0 Å². The van der Waals surface area contributed by atoms with Crippen molar-refractivity contribution in [2.45, 2.75) is 0 Å². The second kappa shape index (κ2) is 63.5. The van der Waals surface area contributed by atoms with Crippen LogP contribution in [0, 0.1) is 0 Å². The van der Waals surface area contributed by atoms with Crippen molar-refractivity contribution in [3.05, 3.63) is 62.5 Å². The Morgan fingerprint density at radius 3 is 1.12 bits per heavy atom. The number of nitrogens with two attached hydrogens (primary N) is 1. The van der Waals surface area contributed by atoms with Gasteiger partial charge in [-0.25, -0.2) is 0 Å². The molecule has 0 radical (unpaired) electrons. The summed E-state index contributed by atoms with van der Waals surface area (Å²) in [6.07, 6.45) is 3.50.